The minimum atomic E-state index is 0.342. The second-order valence-corrected chi connectivity index (χ2v) is 6.78. The third-order valence-corrected chi connectivity index (χ3v) is 4.96. The molecule has 5 rings (SSSR count). The largest absolute Gasteiger partial charge is 0.376 e. The number of anilines is 1. The summed E-state index contributed by atoms with van der Waals surface area (Å²) in [7, 11) is 0. The molecule has 24 heavy (non-hydrogen) atoms. The van der Waals surface area contributed by atoms with Gasteiger partial charge in [0.25, 0.3) is 0 Å². The van der Waals surface area contributed by atoms with Crippen LogP contribution in [0.2, 0.25) is 0 Å². The van der Waals surface area contributed by atoms with Crippen molar-refractivity contribution in [3.8, 4) is 11.3 Å². The van der Waals surface area contributed by atoms with Crippen molar-refractivity contribution < 1.29 is 4.74 Å². The molecular weight excluding hydrogens is 300 g/mol. The molecule has 2 aliphatic rings. The molecule has 122 valence electrons. The monoisotopic (exact) mass is 320 g/mol. The summed E-state index contributed by atoms with van der Waals surface area (Å²) in [5.74, 6) is 1.77. The van der Waals surface area contributed by atoms with E-state index in [1.54, 1.807) is 6.20 Å². The molecule has 1 aliphatic heterocycles. The van der Waals surface area contributed by atoms with Crippen molar-refractivity contribution in [1.82, 2.24) is 14.6 Å². The predicted molar refractivity (Wildman–Crippen MR) is 92.9 cm³/mol. The Morgan fingerprint density at radius 3 is 2.83 bits per heavy atom. The fourth-order valence-corrected chi connectivity index (χ4v) is 3.54. The maximum Gasteiger partial charge on any atom is 0.157 e. The summed E-state index contributed by atoms with van der Waals surface area (Å²) in [6.07, 6.45) is 5.96. The van der Waals surface area contributed by atoms with Gasteiger partial charge in [0.1, 0.15) is 5.82 Å². The number of benzene rings is 1. The van der Waals surface area contributed by atoms with Crippen LogP contribution in [0.25, 0.3) is 16.9 Å². The smallest absolute Gasteiger partial charge is 0.157 e. The Hall–Kier alpha value is -2.40. The first-order valence-electron chi connectivity index (χ1n) is 8.65. The van der Waals surface area contributed by atoms with Gasteiger partial charge in [-0.25, -0.2) is 4.98 Å². The Balaban J connectivity index is 1.47. The Bertz CT molecular complexity index is 856. The average Bonchev–Trinajstić information content (AvgIpc) is 3.17. The van der Waals surface area contributed by atoms with Gasteiger partial charge in [-0.05, 0) is 25.2 Å². The van der Waals surface area contributed by atoms with Crippen molar-refractivity contribution in [3.63, 3.8) is 0 Å². The van der Waals surface area contributed by atoms with E-state index in [1.807, 2.05) is 28.8 Å². The summed E-state index contributed by atoms with van der Waals surface area (Å²) in [4.78, 5) is 4.72. The molecule has 1 saturated heterocycles. The van der Waals surface area contributed by atoms with Crippen LogP contribution in [-0.4, -0.2) is 33.4 Å². The Kier molecular flexibility index (Phi) is 3.26. The first-order chi connectivity index (χ1) is 11.9. The van der Waals surface area contributed by atoms with E-state index in [4.69, 9.17) is 9.72 Å². The quantitative estimate of drug-likeness (QED) is 0.801. The minimum absolute atomic E-state index is 0.342. The molecule has 1 aliphatic carbocycles. The van der Waals surface area contributed by atoms with Gasteiger partial charge in [0.15, 0.2) is 5.65 Å². The molecule has 2 aromatic heterocycles. The van der Waals surface area contributed by atoms with Crippen LogP contribution in [0.1, 0.15) is 19.3 Å². The summed E-state index contributed by atoms with van der Waals surface area (Å²) < 4.78 is 7.83. The second kappa shape index (κ2) is 5.60. The normalized spacial score (nSPS) is 23.7. The number of fused-ring (bicyclic) bond motifs is 1. The van der Waals surface area contributed by atoms with Crippen molar-refractivity contribution in [2.75, 3.05) is 11.9 Å². The van der Waals surface area contributed by atoms with Gasteiger partial charge in [-0.3, -0.25) is 0 Å². The first-order valence-corrected chi connectivity index (χ1v) is 8.65. The molecule has 2 fully saturated rings. The lowest BCUT2D eigenvalue weighted by Gasteiger charge is -2.15. The number of rotatable bonds is 4. The highest BCUT2D eigenvalue weighted by atomic mass is 16.5. The molecule has 1 N–H and O–H groups in total. The molecule has 3 aromatic rings. The molecule has 1 saturated carbocycles. The number of ether oxygens (including phenoxy) is 1. The van der Waals surface area contributed by atoms with E-state index in [2.05, 4.69) is 28.6 Å². The molecule has 0 amide bonds. The highest BCUT2D eigenvalue weighted by Crippen LogP contribution is 2.39. The summed E-state index contributed by atoms with van der Waals surface area (Å²) in [5, 5.41) is 8.04. The molecule has 0 bridgehead atoms. The SMILES string of the molecule is c1ccc(-c2cc(NC3COC(C4CC4)C3)n3nccc3n2)cc1. The fourth-order valence-electron chi connectivity index (χ4n) is 3.54. The lowest BCUT2D eigenvalue weighted by Crippen LogP contribution is -2.22. The first kappa shape index (κ1) is 14.0. The van der Waals surface area contributed by atoms with Crippen molar-refractivity contribution in [2.24, 2.45) is 5.92 Å². The number of hydrogen-bond acceptors (Lipinski definition) is 4. The van der Waals surface area contributed by atoms with E-state index in [-0.39, 0.29) is 0 Å². The minimum Gasteiger partial charge on any atom is -0.376 e. The summed E-state index contributed by atoms with van der Waals surface area (Å²) in [6, 6.07) is 14.6. The van der Waals surface area contributed by atoms with E-state index >= 15 is 0 Å². The second-order valence-electron chi connectivity index (χ2n) is 6.78. The predicted octanol–water partition coefficient (Wildman–Crippen LogP) is 3.38. The number of nitrogens with one attached hydrogen (secondary N) is 1. The van der Waals surface area contributed by atoms with Crippen molar-refractivity contribution in [1.29, 1.82) is 0 Å². The molecule has 0 spiro atoms. The highest BCUT2D eigenvalue weighted by molar-refractivity contribution is 5.66. The van der Waals surface area contributed by atoms with Crippen LogP contribution in [-0.2, 0) is 4.74 Å². The zero-order chi connectivity index (χ0) is 15.9. The highest BCUT2D eigenvalue weighted by Gasteiger charge is 2.37. The van der Waals surface area contributed by atoms with Gasteiger partial charge < -0.3 is 10.1 Å². The van der Waals surface area contributed by atoms with E-state index in [1.165, 1.54) is 12.8 Å². The van der Waals surface area contributed by atoms with Gasteiger partial charge in [0, 0.05) is 17.7 Å². The summed E-state index contributed by atoms with van der Waals surface area (Å²) in [5.41, 5.74) is 2.93. The molecule has 2 unspecified atom stereocenters. The molecule has 5 heteroatoms. The van der Waals surface area contributed by atoms with Crippen LogP contribution in [0.5, 0.6) is 0 Å². The van der Waals surface area contributed by atoms with Gasteiger partial charge in [-0.1, -0.05) is 30.3 Å². The van der Waals surface area contributed by atoms with Crippen molar-refractivity contribution >= 4 is 11.5 Å². The maximum absolute atomic E-state index is 5.96. The van der Waals surface area contributed by atoms with Crippen LogP contribution in [0, 0.1) is 5.92 Å². The zero-order valence-electron chi connectivity index (χ0n) is 13.4. The Morgan fingerprint density at radius 1 is 1.12 bits per heavy atom. The molecule has 1 aromatic carbocycles. The summed E-state index contributed by atoms with van der Waals surface area (Å²) >= 11 is 0. The third kappa shape index (κ3) is 2.55. The Labute approximate surface area is 140 Å². The van der Waals surface area contributed by atoms with Gasteiger partial charge in [-0.15, -0.1) is 0 Å². The van der Waals surface area contributed by atoms with E-state index in [0.717, 1.165) is 41.7 Å². The number of hydrogen-bond donors (Lipinski definition) is 1. The third-order valence-electron chi connectivity index (χ3n) is 4.96. The Morgan fingerprint density at radius 2 is 2.00 bits per heavy atom. The molecule has 0 radical (unpaired) electrons. The molecule has 5 nitrogen and oxygen atoms in total. The van der Waals surface area contributed by atoms with Crippen LogP contribution < -0.4 is 5.32 Å². The van der Waals surface area contributed by atoms with E-state index in [9.17, 15) is 0 Å². The molecular formula is C19H20N4O. The average molecular weight is 320 g/mol. The van der Waals surface area contributed by atoms with Crippen LogP contribution in [0.15, 0.2) is 48.7 Å². The summed E-state index contributed by atoms with van der Waals surface area (Å²) in [6.45, 7) is 0.771. The zero-order valence-corrected chi connectivity index (χ0v) is 13.4. The topological polar surface area (TPSA) is 51.5 Å². The lowest BCUT2D eigenvalue weighted by molar-refractivity contribution is 0.0935. The number of aromatic nitrogens is 3. The van der Waals surface area contributed by atoms with Gasteiger partial charge in [0.05, 0.1) is 30.6 Å². The maximum atomic E-state index is 5.96. The van der Waals surface area contributed by atoms with Crippen LogP contribution >= 0.6 is 0 Å². The molecule has 3 heterocycles. The standard InChI is InChI=1S/C19H20N4O/c1-2-4-13(5-3-1)16-11-19(23-18(22-16)8-9-20-23)21-15-10-17(24-12-15)14-6-7-14/h1-5,8-9,11,14-15,17,21H,6-7,10,12H2. The van der Waals surface area contributed by atoms with Crippen molar-refractivity contribution in [2.45, 2.75) is 31.4 Å². The van der Waals surface area contributed by atoms with E-state index < -0.39 is 0 Å². The fraction of sp³-hybridized carbons (Fsp3) is 0.368. The number of nitrogens with zero attached hydrogens (tertiary/aromatic N) is 3. The van der Waals surface area contributed by atoms with Crippen molar-refractivity contribution in [3.05, 3.63) is 48.7 Å². The van der Waals surface area contributed by atoms with Gasteiger partial charge in [0.2, 0.25) is 0 Å². The van der Waals surface area contributed by atoms with Crippen LogP contribution in [0.3, 0.4) is 0 Å². The van der Waals surface area contributed by atoms with Gasteiger partial charge in [-0.2, -0.15) is 9.61 Å². The van der Waals surface area contributed by atoms with Gasteiger partial charge >= 0.3 is 0 Å². The lowest BCUT2D eigenvalue weighted by atomic mass is 10.1. The van der Waals surface area contributed by atoms with Crippen LogP contribution in [0.4, 0.5) is 5.82 Å². The van der Waals surface area contributed by atoms with E-state index in [0.29, 0.717) is 12.1 Å². The molecule has 2 atom stereocenters.